The molecule has 8 heteroatoms. The lowest BCUT2D eigenvalue weighted by molar-refractivity contribution is -0.122. The summed E-state index contributed by atoms with van der Waals surface area (Å²) in [5.74, 6) is -4.57. The van der Waals surface area contributed by atoms with Crippen molar-refractivity contribution in [2.45, 2.75) is 39.3 Å². The van der Waals surface area contributed by atoms with Crippen molar-refractivity contribution in [3.8, 4) is 0 Å². The van der Waals surface area contributed by atoms with Gasteiger partial charge >= 0.3 is 0 Å². The van der Waals surface area contributed by atoms with E-state index in [1.165, 1.54) is 23.1 Å². The van der Waals surface area contributed by atoms with Crippen LogP contribution in [0.4, 0.5) is 23.2 Å². The van der Waals surface area contributed by atoms with Gasteiger partial charge in [0.25, 0.3) is 5.91 Å². The second kappa shape index (κ2) is 8.59. The highest BCUT2D eigenvalue weighted by Gasteiger charge is 2.44. The van der Waals surface area contributed by atoms with E-state index in [1.807, 2.05) is 0 Å². The zero-order chi connectivity index (χ0) is 24.8. The number of fused-ring (bicyclic) bond motifs is 1. The number of carbonyl (C=O) groups excluding carboxylic acids is 2. The van der Waals surface area contributed by atoms with Gasteiger partial charge in [0.1, 0.15) is 23.3 Å². The van der Waals surface area contributed by atoms with Crippen LogP contribution in [0.2, 0.25) is 0 Å². The molecule has 0 bridgehead atoms. The topological polar surface area (TPSA) is 49.4 Å². The summed E-state index contributed by atoms with van der Waals surface area (Å²) in [6.07, 6.45) is 0. The SMILES string of the molecule is Cc1cccc(F)c1CN1C(=O)C(C)(C)c2ccc(C(=O)NCc3c(F)cc(F)cc3F)cc21. The summed E-state index contributed by atoms with van der Waals surface area (Å²) in [4.78, 5) is 27.4. The quantitative estimate of drug-likeness (QED) is 0.514. The van der Waals surface area contributed by atoms with Crippen molar-refractivity contribution >= 4 is 17.5 Å². The number of carbonyl (C=O) groups is 2. The average Bonchev–Trinajstić information content (AvgIpc) is 2.95. The van der Waals surface area contributed by atoms with Crippen molar-refractivity contribution < 1.29 is 27.2 Å². The van der Waals surface area contributed by atoms with Crippen LogP contribution in [-0.2, 0) is 23.3 Å². The van der Waals surface area contributed by atoms with E-state index in [0.717, 1.165) is 0 Å². The van der Waals surface area contributed by atoms with Gasteiger partial charge in [0.05, 0.1) is 12.0 Å². The summed E-state index contributed by atoms with van der Waals surface area (Å²) in [5, 5.41) is 2.42. The van der Waals surface area contributed by atoms with Gasteiger partial charge in [-0.2, -0.15) is 0 Å². The van der Waals surface area contributed by atoms with Crippen molar-refractivity contribution in [1.82, 2.24) is 5.32 Å². The van der Waals surface area contributed by atoms with Crippen LogP contribution in [-0.4, -0.2) is 11.8 Å². The van der Waals surface area contributed by atoms with Crippen molar-refractivity contribution in [3.63, 3.8) is 0 Å². The van der Waals surface area contributed by atoms with E-state index in [2.05, 4.69) is 5.32 Å². The predicted molar refractivity (Wildman–Crippen MR) is 119 cm³/mol. The molecule has 0 saturated carbocycles. The smallest absolute Gasteiger partial charge is 0.251 e. The van der Waals surface area contributed by atoms with E-state index in [-0.39, 0.29) is 18.0 Å². The molecule has 0 fully saturated rings. The van der Waals surface area contributed by atoms with E-state index in [9.17, 15) is 27.2 Å². The third kappa shape index (κ3) is 4.04. The highest BCUT2D eigenvalue weighted by Crippen LogP contribution is 2.43. The molecule has 4 nitrogen and oxygen atoms in total. The Hall–Kier alpha value is -3.68. The normalized spacial score (nSPS) is 14.3. The van der Waals surface area contributed by atoms with E-state index in [0.29, 0.717) is 34.5 Å². The highest BCUT2D eigenvalue weighted by molar-refractivity contribution is 6.09. The van der Waals surface area contributed by atoms with Crippen LogP contribution in [0.1, 0.15) is 46.5 Å². The molecule has 34 heavy (non-hydrogen) atoms. The van der Waals surface area contributed by atoms with Gasteiger partial charge in [0.2, 0.25) is 5.91 Å². The van der Waals surface area contributed by atoms with Crippen LogP contribution in [0.3, 0.4) is 0 Å². The fourth-order valence-corrected chi connectivity index (χ4v) is 4.18. The number of hydrogen-bond donors (Lipinski definition) is 1. The van der Waals surface area contributed by atoms with E-state index in [1.54, 1.807) is 39.0 Å². The van der Waals surface area contributed by atoms with Crippen LogP contribution in [0, 0.1) is 30.2 Å². The maximum atomic E-state index is 14.5. The fraction of sp³-hybridized carbons (Fsp3) is 0.231. The van der Waals surface area contributed by atoms with Gasteiger partial charge in [-0.05, 0) is 50.1 Å². The molecule has 0 aromatic heterocycles. The number of anilines is 1. The number of hydrogen-bond acceptors (Lipinski definition) is 2. The molecule has 2 amide bonds. The van der Waals surface area contributed by atoms with Gasteiger partial charge in [0.15, 0.2) is 0 Å². The monoisotopic (exact) mass is 470 g/mol. The van der Waals surface area contributed by atoms with Gasteiger partial charge < -0.3 is 10.2 Å². The number of rotatable bonds is 5. The maximum Gasteiger partial charge on any atom is 0.251 e. The van der Waals surface area contributed by atoms with Crippen LogP contribution in [0.25, 0.3) is 0 Å². The molecule has 1 heterocycles. The Balaban J connectivity index is 1.63. The van der Waals surface area contributed by atoms with Crippen LogP contribution in [0.5, 0.6) is 0 Å². The number of amides is 2. The van der Waals surface area contributed by atoms with Gasteiger partial charge in [0, 0.05) is 41.1 Å². The number of nitrogens with one attached hydrogen (secondary N) is 1. The minimum atomic E-state index is -1.11. The van der Waals surface area contributed by atoms with Crippen LogP contribution in [0.15, 0.2) is 48.5 Å². The van der Waals surface area contributed by atoms with Crippen LogP contribution < -0.4 is 10.2 Å². The summed E-state index contributed by atoms with van der Waals surface area (Å²) in [6.45, 7) is 4.76. The van der Waals surface area contributed by atoms with Gasteiger partial charge in [-0.1, -0.05) is 18.2 Å². The van der Waals surface area contributed by atoms with Crippen molar-refractivity contribution in [2.75, 3.05) is 4.90 Å². The number of halogens is 4. The Kier molecular flexibility index (Phi) is 5.93. The highest BCUT2D eigenvalue weighted by atomic mass is 19.1. The lowest BCUT2D eigenvalue weighted by atomic mass is 9.86. The summed E-state index contributed by atoms with van der Waals surface area (Å²) in [7, 11) is 0. The Morgan fingerprint density at radius 1 is 0.941 bits per heavy atom. The molecular weight excluding hydrogens is 448 g/mol. The molecule has 0 saturated heterocycles. The van der Waals surface area contributed by atoms with Crippen molar-refractivity contribution in [3.05, 3.63) is 99.6 Å². The number of benzene rings is 3. The standard InChI is InChI=1S/C26H22F4N2O2/c1-14-5-4-6-20(28)18(14)13-32-23-9-15(7-8-19(23)26(2,3)25(32)34)24(33)31-12-17-21(29)10-16(27)11-22(17)30/h4-11H,12-13H2,1-3H3,(H,31,33). The lowest BCUT2D eigenvalue weighted by Gasteiger charge is -2.22. The minimum Gasteiger partial charge on any atom is -0.348 e. The Labute approximate surface area is 194 Å². The fourth-order valence-electron chi connectivity index (χ4n) is 4.18. The molecule has 0 radical (unpaired) electrons. The summed E-state index contributed by atoms with van der Waals surface area (Å²) in [6, 6.07) is 10.4. The Morgan fingerprint density at radius 3 is 2.26 bits per heavy atom. The molecule has 0 unspecified atom stereocenters. The first-order valence-electron chi connectivity index (χ1n) is 10.6. The molecule has 4 rings (SSSR count). The van der Waals surface area contributed by atoms with Gasteiger partial charge in [-0.15, -0.1) is 0 Å². The first-order chi connectivity index (χ1) is 16.0. The minimum absolute atomic E-state index is 0.00908. The van der Waals surface area contributed by atoms with E-state index in [4.69, 9.17) is 0 Å². The molecule has 0 spiro atoms. The zero-order valence-electron chi connectivity index (χ0n) is 18.8. The molecule has 0 atom stereocenters. The number of aryl methyl sites for hydroxylation is 1. The Morgan fingerprint density at radius 2 is 1.62 bits per heavy atom. The Bertz CT molecular complexity index is 1280. The third-order valence-electron chi connectivity index (χ3n) is 6.20. The molecule has 0 aliphatic carbocycles. The summed E-state index contributed by atoms with van der Waals surface area (Å²) < 4.78 is 55.4. The average molecular weight is 470 g/mol. The first kappa shape index (κ1) is 23.5. The second-order valence-electron chi connectivity index (χ2n) is 8.81. The van der Waals surface area contributed by atoms with Gasteiger partial charge in [-0.3, -0.25) is 9.59 Å². The molecule has 1 aliphatic heterocycles. The molecule has 1 N–H and O–H groups in total. The molecule has 3 aromatic carbocycles. The van der Waals surface area contributed by atoms with Crippen LogP contribution >= 0.6 is 0 Å². The van der Waals surface area contributed by atoms with Gasteiger partial charge in [-0.25, -0.2) is 17.6 Å². The largest absolute Gasteiger partial charge is 0.348 e. The molecular formula is C26H22F4N2O2. The first-order valence-corrected chi connectivity index (χ1v) is 10.6. The summed E-state index contributed by atoms with van der Waals surface area (Å²) >= 11 is 0. The van der Waals surface area contributed by atoms with E-state index < -0.39 is 46.7 Å². The zero-order valence-corrected chi connectivity index (χ0v) is 18.8. The molecule has 3 aromatic rings. The maximum absolute atomic E-state index is 14.5. The lowest BCUT2D eigenvalue weighted by Crippen LogP contribution is -2.36. The molecule has 176 valence electrons. The predicted octanol–water partition coefficient (Wildman–Crippen LogP) is 5.31. The summed E-state index contributed by atoms with van der Waals surface area (Å²) in [5.41, 5.74) is 1.01. The van der Waals surface area contributed by atoms with Crippen molar-refractivity contribution in [1.29, 1.82) is 0 Å². The van der Waals surface area contributed by atoms with Crippen molar-refractivity contribution in [2.24, 2.45) is 0 Å². The second-order valence-corrected chi connectivity index (χ2v) is 8.81. The number of nitrogens with zero attached hydrogens (tertiary/aromatic N) is 1. The third-order valence-corrected chi connectivity index (χ3v) is 6.20. The molecule has 1 aliphatic rings. The van der Waals surface area contributed by atoms with E-state index >= 15 is 0 Å².